The molecule has 0 unspecified atom stereocenters. The van der Waals surface area contributed by atoms with E-state index in [9.17, 15) is 0 Å². The summed E-state index contributed by atoms with van der Waals surface area (Å²) in [6, 6.07) is 2.26. The van der Waals surface area contributed by atoms with E-state index in [-0.39, 0.29) is 0 Å². The molecule has 0 bridgehead atoms. The zero-order chi connectivity index (χ0) is 14.8. The smallest absolute Gasteiger partial charge is 0.321 e. The van der Waals surface area contributed by atoms with Gasteiger partial charge in [0.25, 0.3) is 0 Å². The van der Waals surface area contributed by atoms with Crippen molar-refractivity contribution >= 4 is 22.3 Å². The molecule has 7 heteroatoms. The van der Waals surface area contributed by atoms with E-state index in [1.165, 1.54) is 0 Å². The molecule has 0 radical (unpaired) electrons. The Labute approximate surface area is 118 Å². The molecule has 0 spiro atoms. The summed E-state index contributed by atoms with van der Waals surface area (Å²) >= 11 is 0. The summed E-state index contributed by atoms with van der Waals surface area (Å²) in [4.78, 5) is 8.68. The predicted octanol–water partition coefficient (Wildman–Crippen LogP) is 2.97. The van der Waals surface area contributed by atoms with Crippen LogP contribution >= 0.6 is 0 Å². The van der Waals surface area contributed by atoms with Gasteiger partial charge in [-0.3, -0.25) is 0 Å². The number of rotatable bonds is 5. The van der Waals surface area contributed by atoms with Gasteiger partial charge in [-0.15, -0.1) is 0 Å². The Morgan fingerprint density at radius 2 is 1.42 bits per heavy atom. The molecule has 0 amide bonds. The lowest BCUT2D eigenvalue weighted by Gasteiger charge is -2.44. The van der Waals surface area contributed by atoms with E-state index >= 15 is 0 Å². The highest BCUT2D eigenvalue weighted by molar-refractivity contribution is 6.99. The van der Waals surface area contributed by atoms with Crippen molar-refractivity contribution in [3.8, 4) is 11.9 Å². The van der Waals surface area contributed by atoms with Gasteiger partial charge in [0.15, 0.2) is 0 Å². The van der Waals surface area contributed by atoms with Gasteiger partial charge in [-0.1, -0.05) is 39.3 Å². The van der Waals surface area contributed by atoms with Crippen LogP contribution in [-0.4, -0.2) is 40.7 Å². The van der Waals surface area contributed by atoms with Crippen molar-refractivity contribution in [2.24, 2.45) is 0 Å². The molecule has 5 nitrogen and oxygen atoms in total. The summed E-state index contributed by atoms with van der Waals surface area (Å²) < 4.78 is 12.9. The maximum Gasteiger partial charge on any atom is 0.321 e. The summed E-state index contributed by atoms with van der Waals surface area (Å²) in [5, 5.41) is 0. The monoisotopic (exact) mass is 299 g/mol. The molecule has 1 aromatic rings. The summed E-state index contributed by atoms with van der Waals surface area (Å²) in [5.41, 5.74) is 0. The van der Waals surface area contributed by atoms with Gasteiger partial charge in [0.1, 0.15) is 22.3 Å². The lowest BCUT2D eigenvalue weighted by Crippen LogP contribution is -2.60. The second-order valence-corrected chi connectivity index (χ2v) is 16.5. The van der Waals surface area contributed by atoms with E-state index in [0.29, 0.717) is 11.9 Å². The lowest BCUT2D eigenvalue weighted by molar-refractivity contribution is 0.352. The van der Waals surface area contributed by atoms with Gasteiger partial charge in [-0.2, -0.15) is 9.97 Å². The maximum absolute atomic E-state index is 5.25. The molecular weight excluding hydrogens is 274 g/mol. The molecule has 0 aromatic carbocycles. The van der Waals surface area contributed by atoms with Crippen molar-refractivity contribution in [3.63, 3.8) is 0 Å². The Morgan fingerprint density at radius 3 is 1.79 bits per heavy atom. The van der Waals surface area contributed by atoms with Crippen LogP contribution in [0.25, 0.3) is 0 Å². The van der Waals surface area contributed by atoms with Gasteiger partial charge in [0.2, 0.25) is 5.88 Å². The van der Waals surface area contributed by atoms with Crippen LogP contribution < -0.4 is 13.7 Å². The Morgan fingerprint density at radius 1 is 0.895 bits per heavy atom. The molecule has 19 heavy (non-hydrogen) atoms. The summed E-state index contributed by atoms with van der Waals surface area (Å²) in [5.74, 6) is 1.46. The molecule has 0 saturated carbocycles. The Bertz CT molecular complexity index is 405. The standard InChI is InChI=1S/C12H25N3O2Si2/c1-16-11-9-10(13-12(14-11)17-2)15(18(3,4)5)19(6,7)8/h9H,1-8H3. The zero-order valence-corrected chi connectivity index (χ0v) is 15.2. The van der Waals surface area contributed by atoms with Crippen LogP contribution in [-0.2, 0) is 0 Å². The first-order valence-electron chi connectivity index (χ1n) is 6.37. The minimum absolute atomic E-state index is 0.357. The maximum atomic E-state index is 5.25. The Hall–Kier alpha value is -1.09. The molecule has 1 aromatic heterocycles. The fourth-order valence-corrected chi connectivity index (χ4v) is 12.0. The lowest BCUT2D eigenvalue weighted by atomic mass is 10.6. The largest absolute Gasteiger partial charge is 0.481 e. The van der Waals surface area contributed by atoms with Gasteiger partial charge in [-0.05, 0) is 0 Å². The average Bonchev–Trinajstić information content (AvgIpc) is 2.24. The van der Waals surface area contributed by atoms with Crippen molar-refractivity contribution in [2.45, 2.75) is 39.3 Å². The molecule has 0 fully saturated rings. The van der Waals surface area contributed by atoms with E-state index in [1.54, 1.807) is 14.2 Å². The van der Waals surface area contributed by atoms with Crippen LogP contribution in [0.1, 0.15) is 0 Å². The molecule has 1 rings (SSSR count). The van der Waals surface area contributed by atoms with Crippen molar-refractivity contribution in [2.75, 3.05) is 18.5 Å². The summed E-state index contributed by atoms with van der Waals surface area (Å²) in [6.45, 7) is 14.0. The molecule has 0 aliphatic heterocycles. The summed E-state index contributed by atoms with van der Waals surface area (Å²) in [7, 11) is 0.104. The Balaban J connectivity index is 3.38. The second-order valence-electron chi connectivity index (χ2n) is 6.43. The molecule has 0 aliphatic rings. The average molecular weight is 300 g/mol. The van der Waals surface area contributed by atoms with Crippen LogP contribution in [0.2, 0.25) is 39.3 Å². The fourth-order valence-electron chi connectivity index (χ4n) is 2.40. The van der Waals surface area contributed by atoms with Gasteiger partial charge >= 0.3 is 6.01 Å². The Kier molecular flexibility index (Phi) is 4.62. The minimum Gasteiger partial charge on any atom is -0.481 e. The van der Waals surface area contributed by atoms with Crippen LogP contribution in [0.4, 0.5) is 5.82 Å². The van der Waals surface area contributed by atoms with Gasteiger partial charge < -0.3 is 13.7 Å². The van der Waals surface area contributed by atoms with E-state index in [2.05, 4.69) is 53.5 Å². The summed E-state index contributed by atoms with van der Waals surface area (Å²) in [6.07, 6.45) is 0. The minimum atomic E-state index is -1.54. The number of nitrogens with zero attached hydrogens (tertiary/aromatic N) is 3. The van der Waals surface area contributed by atoms with Crippen molar-refractivity contribution < 1.29 is 9.47 Å². The number of hydrogen-bond acceptors (Lipinski definition) is 5. The predicted molar refractivity (Wildman–Crippen MR) is 84.3 cm³/mol. The molecule has 0 atom stereocenters. The van der Waals surface area contributed by atoms with Crippen LogP contribution in [0, 0.1) is 0 Å². The molecule has 1 heterocycles. The molecule has 0 N–H and O–H groups in total. The quantitative estimate of drug-likeness (QED) is 0.782. The van der Waals surface area contributed by atoms with Crippen LogP contribution in [0.5, 0.6) is 11.9 Å². The number of aromatic nitrogens is 2. The molecular formula is C12H25N3O2Si2. The highest BCUT2D eigenvalue weighted by Gasteiger charge is 2.36. The van der Waals surface area contributed by atoms with Crippen molar-refractivity contribution in [1.29, 1.82) is 0 Å². The third-order valence-electron chi connectivity index (χ3n) is 2.63. The van der Waals surface area contributed by atoms with E-state index in [1.807, 2.05) is 6.07 Å². The van der Waals surface area contributed by atoms with Crippen molar-refractivity contribution in [1.82, 2.24) is 9.97 Å². The first-order valence-corrected chi connectivity index (χ1v) is 13.3. The fraction of sp³-hybridized carbons (Fsp3) is 0.667. The van der Waals surface area contributed by atoms with Crippen LogP contribution in [0.3, 0.4) is 0 Å². The van der Waals surface area contributed by atoms with Crippen molar-refractivity contribution in [3.05, 3.63) is 6.07 Å². The van der Waals surface area contributed by atoms with E-state index < -0.39 is 16.5 Å². The van der Waals surface area contributed by atoms with Crippen LogP contribution in [0.15, 0.2) is 6.07 Å². The third-order valence-corrected chi connectivity index (χ3v) is 9.80. The van der Waals surface area contributed by atoms with Gasteiger partial charge in [-0.25, -0.2) is 0 Å². The normalized spacial score (nSPS) is 12.2. The highest BCUT2D eigenvalue weighted by Crippen LogP contribution is 2.29. The second kappa shape index (κ2) is 5.50. The van der Waals surface area contributed by atoms with Gasteiger partial charge in [0.05, 0.1) is 14.2 Å². The molecule has 108 valence electrons. The number of ether oxygens (including phenoxy) is 2. The number of anilines is 1. The zero-order valence-electron chi connectivity index (χ0n) is 13.2. The van der Waals surface area contributed by atoms with Gasteiger partial charge in [0, 0.05) is 6.07 Å². The number of methoxy groups -OCH3 is 2. The number of hydrogen-bond donors (Lipinski definition) is 0. The molecule has 0 aliphatic carbocycles. The third kappa shape index (κ3) is 3.94. The van der Waals surface area contributed by atoms with E-state index in [0.717, 1.165) is 5.82 Å². The highest BCUT2D eigenvalue weighted by atomic mass is 28.4. The topological polar surface area (TPSA) is 47.5 Å². The van der Waals surface area contributed by atoms with E-state index in [4.69, 9.17) is 9.47 Å². The SMILES string of the molecule is COc1cc(N([Si](C)(C)C)[Si](C)(C)C)nc(OC)n1. The first kappa shape index (κ1) is 16.0. The molecule has 0 saturated heterocycles. The first-order chi connectivity index (χ1) is 8.59.